The first-order chi connectivity index (χ1) is 14.1. The van der Waals surface area contributed by atoms with Crippen molar-refractivity contribution in [2.45, 2.75) is 30.4 Å². The van der Waals surface area contributed by atoms with Gasteiger partial charge in [-0.15, -0.1) is 22.0 Å². The van der Waals surface area contributed by atoms with Crippen LogP contribution in [0.25, 0.3) is 11.4 Å². The molecule has 8 heteroatoms. The lowest BCUT2D eigenvalue weighted by Gasteiger charge is -2.07. The smallest absolute Gasteiger partial charge is 0.250 e. The molecule has 2 aromatic carbocycles. The average molecular weight is 426 g/mol. The predicted molar refractivity (Wildman–Crippen MR) is 121 cm³/mol. The van der Waals surface area contributed by atoms with Crippen LogP contribution in [0.1, 0.15) is 18.1 Å². The van der Waals surface area contributed by atoms with E-state index in [9.17, 15) is 4.79 Å². The minimum Gasteiger partial charge on any atom is -0.302 e. The summed E-state index contributed by atoms with van der Waals surface area (Å²) in [6.07, 6.45) is 3.67. The lowest BCUT2D eigenvalue weighted by molar-refractivity contribution is -0.118. The molecule has 1 N–H and O–H groups in total. The summed E-state index contributed by atoms with van der Waals surface area (Å²) in [5.74, 6) is 0.839. The Morgan fingerprint density at radius 3 is 2.52 bits per heavy atom. The molecule has 29 heavy (non-hydrogen) atoms. The van der Waals surface area contributed by atoms with Crippen LogP contribution in [-0.4, -0.2) is 38.9 Å². The molecule has 1 amide bonds. The predicted octanol–water partition coefficient (Wildman–Crippen LogP) is 4.24. The zero-order valence-corrected chi connectivity index (χ0v) is 18.3. The molecule has 0 aliphatic rings. The lowest BCUT2D eigenvalue weighted by Crippen LogP contribution is -2.20. The van der Waals surface area contributed by atoms with Crippen molar-refractivity contribution in [3.05, 3.63) is 59.7 Å². The summed E-state index contributed by atoms with van der Waals surface area (Å²) in [4.78, 5) is 13.3. The van der Waals surface area contributed by atoms with E-state index in [1.54, 1.807) is 18.0 Å². The van der Waals surface area contributed by atoms with Gasteiger partial charge in [0.05, 0.1) is 12.0 Å². The molecule has 1 aromatic heterocycles. The van der Waals surface area contributed by atoms with E-state index in [1.165, 1.54) is 22.2 Å². The fourth-order valence-electron chi connectivity index (χ4n) is 2.63. The van der Waals surface area contributed by atoms with E-state index in [1.807, 2.05) is 54.1 Å². The van der Waals surface area contributed by atoms with Crippen molar-refractivity contribution in [2.75, 3.05) is 12.0 Å². The third-order valence-electron chi connectivity index (χ3n) is 4.19. The summed E-state index contributed by atoms with van der Waals surface area (Å²) in [5, 5.41) is 13.3. The van der Waals surface area contributed by atoms with Crippen molar-refractivity contribution in [1.82, 2.24) is 20.2 Å². The van der Waals surface area contributed by atoms with Gasteiger partial charge in [-0.2, -0.15) is 5.10 Å². The van der Waals surface area contributed by atoms with Gasteiger partial charge in [0.2, 0.25) is 0 Å². The Bertz CT molecular complexity index is 981. The minimum absolute atomic E-state index is 0.186. The maximum absolute atomic E-state index is 12.1. The Labute approximate surface area is 179 Å². The third-order valence-corrected chi connectivity index (χ3v) is 5.90. The Morgan fingerprint density at radius 2 is 1.86 bits per heavy atom. The number of carbonyl (C=O) groups is 1. The second kappa shape index (κ2) is 10.3. The highest BCUT2D eigenvalue weighted by atomic mass is 32.2. The van der Waals surface area contributed by atoms with Crippen LogP contribution in [0, 0.1) is 6.92 Å². The van der Waals surface area contributed by atoms with Crippen molar-refractivity contribution in [3.63, 3.8) is 0 Å². The van der Waals surface area contributed by atoms with E-state index in [4.69, 9.17) is 0 Å². The van der Waals surface area contributed by atoms with Crippen LogP contribution in [0.2, 0.25) is 0 Å². The van der Waals surface area contributed by atoms with Crippen LogP contribution < -0.4 is 5.43 Å². The van der Waals surface area contributed by atoms with E-state index in [-0.39, 0.29) is 11.7 Å². The molecule has 0 atom stereocenters. The molecule has 0 radical (unpaired) electrons. The number of rotatable bonds is 8. The summed E-state index contributed by atoms with van der Waals surface area (Å²) in [6.45, 7) is 4.82. The van der Waals surface area contributed by atoms with Gasteiger partial charge in [0.1, 0.15) is 0 Å². The van der Waals surface area contributed by atoms with E-state index < -0.39 is 0 Å². The largest absolute Gasteiger partial charge is 0.302 e. The maximum Gasteiger partial charge on any atom is 0.250 e. The van der Waals surface area contributed by atoms with Gasteiger partial charge in [0.25, 0.3) is 5.91 Å². The zero-order chi connectivity index (χ0) is 20.6. The number of nitrogens with zero attached hydrogens (tertiary/aromatic N) is 4. The van der Waals surface area contributed by atoms with Gasteiger partial charge in [0, 0.05) is 17.0 Å². The number of hydrogen-bond acceptors (Lipinski definition) is 6. The van der Waals surface area contributed by atoms with Gasteiger partial charge in [-0.3, -0.25) is 4.79 Å². The molecule has 0 aliphatic carbocycles. The third kappa shape index (κ3) is 5.71. The number of carbonyl (C=O) groups excluding carboxylic acids is 1. The van der Waals surface area contributed by atoms with Crippen LogP contribution in [0.15, 0.2) is 63.7 Å². The maximum atomic E-state index is 12.1. The molecule has 0 spiro atoms. The van der Waals surface area contributed by atoms with E-state index in [0.29, 0.717) is 0 Å². The SMILES string of the molecule is CCn1c(SCC(=O)N/N=C\c2ccc(SC)cc2)nnc1-c1ccc(C)cc1. The van der Waals surface area contributed by atoms with Gasteiger partial charge < -0.3 is 4.57 Å². The summed E-state index contributed by atoms with van der Waals surface area (Å²) >= 11 is 3.03. The number of amides is 1. The number of hydrazone groups is 1. The molecule has 0 aliphatic heterocycles. The van der Waals surface area contributed by atoms with Gasteiger partial charge in [0.15, 0.2) is 11.0 Å². The van der Waals surface area contributed by atoms with E-state index in [0.717, 1.165) is 28.7 Å². The molecule has 1 heterocycles. The Hall–Kier alpha value is -2.58. The summed E-state index contributed by atoms with van der Waals surface area (Å²) in [5.41, 5.74) is 5.70. The quantitative estimate of drug-likeness (QED) is 0.332. The van der Waals surface area contributed by atoms with Crippen molar-refractivity contribution in [2.24, 2.45) is 5.10 Å². The molecule has 0 fully saturated rings. The number of aromatic nitrogens is 3. The lowest BCUT2D eigenvalue weighted by atomic mass is 10.1. The van der Waals surface area contributed by atoms with Crippen LogP contribution >= 0.6 is 23.5 Å². The summed E-state index contributed by atoms with van der Waals surface area (Å²) < 4.78 is 2.01. The molecule has 0 unspecified atom stereocenters. The van der Waals surface area contributed by atoms with Crippen molar-refractivity contribution in [1.29, 1.82) is 0 Å². The molecule has 150 valence electrons. The molecule has 0 saturated heterocycles. The van der Waals surface area contributed by atoms with Crippen LogP contribution in [0.4, 0.5) is 0 Å². The Kier molecular flexibility index (Phi) is 7.48. The Morgan fingerprint density at radius 1 is 1.14 bits per heavy atom. The molecular weight excluding hydrogens is 402 g/mol. The highest BCUT2D eigenvalue weighted by Gasteiger charge is 2.14. The molecule has 6 nitrogen and oxygen atoms in total. The molecule has 0 saturated carbocycles. The first-order valence-electron chi connectivity index (χ1n) is 9.19. The highest BCUT2D eigenvalue weighted by Crippen LogP contribution is 2.24. The van der Waals surface area contributed by atoms with Gasteiger partial charge in [-0.05, 0) is 37.8 Å². The highest BCUT2D eigenvalue weighted by molar-refractivity contribution is 7.99. The first kappa shape index (κ1) is 21.1. The molecule has 3 aromatic rings. The number of thioether (sulfide) groups is 2. The van der Waals surface area contributed by atoms with E-state index >= 15 is 0 Å². The number of benzene rings is 2. The van der Waals surface area contributed by atoms with Crippen LogP contribution in [-0.2, 0) is 11.3 Å². The first-order valence-corrected chi connectivity index (χ1v) is 11.4. The fraction of sp³-hybridized carbons (Fsp3) is 0.238. The van der Waals surface area contributed by atoms with E-state index in [2.05, 4.69) is 39.8 Å². The van der Waals surface area contributed by atoms with Gasteiger partial charge >= 0.3 is 0 Å². The van der Waals surface area contributed by atoms with Crippen molar-refractivity contribution >= 4 is 35.6 Å². The zero-order valence-electron chi connectivity index (χ0n) is 16.6. The number of hydrogen-bond donors (Lipinski definition) is 1. The normalized spacial score (nSPS) is 11.1. The molecular formula is C21H23N5OS2. The topological polar surface area (TPSA) is 72.2 Å². The van der Waals surface area contributed by atoms with Crippen LogP contribution in [0.3, 0.4) is 0 Å². The summed E-state index contributed by atoms with van der Waals surface area (Å²) in [7, 11) is 0. The monoisotopic (exact) mass is 425 g/mol. The molecule has 3 rings (SSSR count). The fourth-order valence-corrected chi connectivity index (χ4v) is 3.83. The number of nitrogens with one attached hydrogen (secondary N) is 1. The van der Waals surface area contributed by atoms with Gasteiger partial charge in [-0.1, -0.05) is 53.7 Å². The molecule has 0 bridgehead atoms. The summed E-state index contributed by atoms with van der Waals surface area (Å²) in [6, 6.07) is 16.1. The van der Waals surface area contributed by atoms with Crippen molar-refractivity contribution < 1.29 is 4.79 Å². The van der Waals surface area contributed by atoms with Gasteiger partial charge in [-0.25, -0.2) is 5.43 Å². The number of aryl methyl sites for hydroxylation is 1. The Balaban J connectivity index is 1.57. The van der Waals surface area contributed by atoms with Crippen LogP contribution in [0.5, 0.6) is 0 Å². The second-order valence-electron chi connectivity index (χ2n) is 6.27. The average Bonchev–Trinajstić information content (AvgIpc) is 3.16. The van der Waals surface area contributed by atoms with Crippen molar-refractivity contribution in [3.8, 4) is 11.4 Å². The standard InChI is InChI=1S/C21H23N5OS2/c1-4-26-20(17-9-5-15(2)6-10-17)24-25-21(26)29-14-19(27)23-22-13-16-7-11-18(28-3)12-8-16/h5-13H,4,14H2,1-3H3,(H,23,27)/b22-13-. The second-order valence-corrected chi connectivity index (χ2v) is 8.09. The minimum atomic E-state index is -0.186.